The maximum atomic E-state index is 9.31. The van der Waals surface area contributed by atoms with Gasteiger partial charge in [-0.05, 0) is 47.9 Å². The third kappa shape index (κ3) is 3.43. The molecule has 0 atom stereocenters. The zero-order valence-corrected chi connectivity index (χ0v) is 12.5. The number of phenolic OH excluding ortho intramolecular Hbond substituents is 1. The predicted octanol–water partition coefficient (Wildman–Crippen LogP) is 2.67. The summed E-state index contributed by atoms with van der Waals surface area (Å²) in [6, 6.07) is 14.3. The fourth-order valence-electron chi connectivity index (χ4n) is 2.94. The number of rotatable bonds is 5. The molecule has 1 heterocycles. The monoisotopic (exact) mass is 282 g/mol. The van der Waals surface area contributed by atoms with Crippen molar-refractivity contribution in [2.45, 2.75) is 26.1 Å². The lowest BCUT2D eigenvalue weighted by Crippen LogP contribution is -2.19. The van der Waals surface area contributed by atoms with Crippen molar-refractivity contribution in [2.75, 3.05) is 13.6 Å². The van der Waals surface area contributed by atoms with Crippen LogP contribution < -0.4 is 5.32 Å². The van der Waals surface area contributed by atoms with E-state index in [0.717, 1.165) is 32.6 Å². The molecule has 3 rings (SSSR count). The molecule has 0 saturated heterocycles. The van der Waals surface area contributed by atoms with Crippen molar-refractivity contribution in [3.8, 4) is 5.75 Å². The molecule has 21 heavy (non-hydrogen) atoms. The van der Waals surface area contributed by atoms with Gasteiger partial charge in [0.25, 0.3) is 0 Å². The van der Waals surface area contributed by atoms with E-state index in [0.29, 0.717) is 5.75 Å². The SMILES string of the molecule is CNCc1ccc2c(c1)CN(CCc1ccc(O)cc1)C2. The zero-order valence-electron chi connectivity index (χ0n) is 12.5. The van der Waals surface area contributed by atoms with E-state index >= 15 is 0 Å². The van der Waals surface area contributed by atoms with Crippen LogP contribution >= 0.6 is 0 Å². The highest BCUT2D eigenvalue weighted by Gasteiger charge is 2.18. The molecule has 0 fully saturated rings. The van der Waals surface area contributed by atoms with Gasteiger partial charge in [-0.3, -0.25) is 4.90 Å². The average Bonchev–Trinajstić information content (AvgIpc) is 2.89. The second-order valence-electron chi connectivity index (χ2n) is 5.76. The Morgan fingerprint density at radius 3 is 2.48 bits per heavy atom. The molecular formula is C18H22N2O. The normalized spacial score (nSPS) is 14.3. The molecule has 0 saturated carbocycles. The Kier molecular flexibility index (Phi) is 4.23. The minimum absolute atomic E-state index is 0.337. The molecule has 3 nitrogen and oxygen atoms in total. The number of hydrogen-bond acceptors (Lipinski definition) is 3. The second-order valence-corrected chi connectivity index (χ2v) is 5.76. The first-order valence-corrected chi connectivity index (χ1v) is 7.50. The van der Waals surface area contributed by atoms with Crippen LogP contribution in [0, 0.1) is 0 Å². The summed E-state index contributed by atoms with van der Waals surface area (Å²) in [7, 11) is 1.98. The molecule has 2 aromatic rings. The van der Waals surface area contributed by atoms with Crippen molar-refractivity contribution in [2.24, 2.45) is 0 Å². The minimum Gasteiger partial charge on any atom is -0.508 e. The molecule has 0 aliphatic carbocycles. The molecule has 1 aliphatic heterocycles. The van der Waals surface area contributed by atoms with Gasteiger partial charge >= 0.3 is 0 Å². The van der Waals surface area contributed by atoms with Gasteiger partial charge in [-0.25, -0.2) is 0 Å². The molecule has 0 amide bonds. The largest absolute Gasteiger partial charge is 0.508 e. The van der Waals surface area contributed by atoms with E-state index in [4.69, 9.17) is 0 Å². The minimum atomic E-state index is 0.337. The van der Waals surface area contributed by atoms with Gasteiger partial charge in [0, 0.05) is 26.2 Å². The molecule has 0 bridgehead atoms. The number of nitrogens with zero attached hydrogens (tertiary/aromatic N) is 1. The second kappa shape index (κ2) is 6.29. The van der Waals surface area contributed by atoms with Crippen molar-refractivity contribution in [1.82, 2.24) is 10.2 Å². The molecule has 0 spiro atoms. The molecule has 0 unspecified atom stereocenters. The van der Waals surface area contributed by atoms with Crippen LogP contribution in [0.25, 0.3) is 0 Å². The average molecular weight is 282 g/mol. The fourth-order valence-corrected chi connectivity index (χ4v) is 2.94. The Morgan fingerprint density at radius 2 is 1.71 bits per heavy atom. The third-order valence-corrected chi connectivity index (χ3v) is 4.09. The van der Waals surface area contributed by atoms with E-state index in [-0.39, 0.29) is 0 Å². The molecule has 0 aromatic heterocycles. The Morgan fingerprint density at radius 1 is 1.00 bits per heavy atom. The van der Waals surface area contributed by atoms with Crippen LogP contribution in [0.1, 0.15) is 22.3 Å². The first-order valence-electron chi connectivity index (χ1n) is 7.50. The van der Waals surface area contributed by atoms with E-state index in [1.807, 2.05) is 19.2 Å². The maximum Gasteiger partial charge on any atom is 0.115 e. The van der Waals surface area contributed by atoms with Crippen LogP contribution in [0.4, 0.5) is 0 Å². The Bertz CT molecular complexity index is 607. The number of phenols is 1. The van der Waals surface area contributed by atoms with Gasteiger partial charge in [0.1, 0.15) is 5.75 Å². The number of nitrogens with one attached hydrogen (secondary N) is 1. The van der Waals surface area contributed by atoms with Crippen molar-refractivity contribution >= 4 is 0 Å². The van der Waals surface area contributed by atoms with Gasteiger partial charge in [-0.15, -0.1) is 0 Å². The van der Waals surface area contributed by atoms with Gasteiger partial charge in [0.2, 0.25) is 0 Å². The quantitative estimate of drug-likeness (QED) is 0.885. The summed E-state index contributed by atoms with van der Waals surface area (Å²) >= 11 is 0. The van der Waals surface area contributed by atoms with Crippen molar-refractivity contribution in [3.05, 3.63) is 64.7 Å². The highest BCUT2D eigenvalue weighted by atomic mass is 16.3. The highest BCUT2D eigenvalue weighted by Crippen LogP contribution is 2.24. The number of hydrogen-bond donors (Lipinski definition) is 2. The van der Waals surface area contributed by atoms with Crippen LogP contribution in [0.5, 0.6) is 5.75 Å². The van der Waals surface area contributed by atoms with Crippen LogP contribution in [-0.4, -0.2) is 23.6 Å². The molecule has 1 aliphatic rings. The molecule has 0 radical (unpaired) electrons. The van der Waals surface area contributed by atoms with Gasteiger partial charge in [0.15, 0.2) is 0 Å². The maximum absolute atomic E-state index is 9.31. The summed E-state index contributed by atoms with van der Waals surface area (Å²) < 4.78 is 0. The summed E-state index contributed by atoms with van der Waals surface area (Å²) in [6.07, 6.45) is 1.03. The standard InChI is InChI=1S/C18H22N2O/c1-19-11-15-2-5-16-12-20(13-17(16)10-15)9-8-14-3-6-18(21)7-4-14/h2-7,10,19,21H,8-9,11-13H2,1H3. The van der Waals surface area contributed by atoms with Crippen LogP contribution in [0.15, 0.2) is 42.5 Å². The van der Waals surface area contributed by atoms with Gasteiger partial charge in [-0.1, -0.05) is 30.3 Å². The first kappa shape index (κ1) is 14.1. The lowest BCUT2D eigenvalue weighted by Gasteiger charge is -2.14. The summed E-state index contributed by atoms with van der Waals surface area (Å²) in [5.74, 6) is 0.337. The summed E-state index contributed by atoms with van der Waals surface area (Å²) in [6.45, 7) is 4.08. The Hall–Kier alpha value is -1.84. The van der Waals surface area contributed by atoms with E-state index < -0.39 is 0 Å². The van der Waals surface area contributed by atoms with Gasteiger partial charge < -0.3 is 10.4 Å². The van der Waals surface area contributed by atoms with Crippen LogP contribution in [0.3, 0.4) is 0 Å². The predicted molar refractivity (Wildman–Crippen MR) is 85.1 cm³/mol. The number of benzene rings is 2. The molecule has 110 valence electrons. The van der Waals surface area contributed by atoms with Crippen molar-refractivity contribution in [3.63, 3.8) is 0 Å². The zero-order chi connectivity index (χ0) is 14.7. The van der Waals surface area contributed by atoms with Gasteiger partial charge in [-0.2, -0.15) is 0 Å². The summed E-state index contributed by atoms with van der Waals surface area (Å²) in [4.78, 5) is 2.49. The summed E-state index contributed by atoms with van der Waals surface area (Å²) in [5.41, 5.74) is 5.56. The van der Waals surface area contributed by atoms with E-state index in [9.17, 15) is 5.11 Å². The lowest BCUT2D eigenvalue weighted by molar-refractivity contribution is 0.288. The van der Waals surface area contributed by atoms with Crippen molar-refractivity contribution in [1.29, 1.82) is 0 Å². The molecular weight excluding hydrogens is 260 g/mol. The topological polar surface area (TPSA) is 35.5 Å². The van der Waals surface area contributed by atoms with E-state index in [2.05, 4.69) is 28.4 Å². The van der Waals surface area contributed by atoms with Crippen LogP contribution in [-0.2, 0) is 26.1 Å². The Labute approximate surface area is 126 Å². The summed E-state index contributed by atoms with van der Waals surface area (Å²) in [5, 5.41) is 12.5. The number of aromatic hydroxyl groups is 1. The Balaban J connectivity index is 1.58. The smallest absolute Gasteiger partial charge is 0.115 e. The first-order chi connectivity index (χ1) is 10.2. The molecule has 2 N–H and O–H groups in total. The van der Waals surface area contributed by atoms with E-state index in [1.165, 1.54) is 22.3 Å². The van der Waals surface area contributed by atoms with Crippen molar-refractivity contribution < 1.29 is 5.11 Å². The van der Waals surface area contributed by atoms with E-state index in [1.54, 1.807) is 12.1 Å². The van der Waals surface area contributed by atoms with Gasteiger partial charge in [0.05, 0.1) is 0 Å². The highest BCUT2D eigenvalue weighted by molar-refractivity contribution is 5.35. The molecule has 2 aromatic carbocycles. The third-order valence-electron chi connectivity index (χ3n) is 4.09. The lowest BCUT2D eigenvalue weighted by atomic mass is 10.1. The molecule has 3 heteroatoms. The van der Waals surface area contributed by atoms with Crippen LogP contribution in [0.2, 0.25) is 0 Å². The number of fused-ring (bicyclic) bond motifs is 1. The fraction of sp³-hybridized carbons (Fsp3) is 0.333.